The van der Waals surface area contributed by atoms with Gasteiger partial charge < -0.3 is 14.5 Å². The molecule has 0 atom stereocenters. The number of methoxy groups -OCH3 is 1. The minimum absolute atomic E-state index is 0.0401. The van der Waals surface area contributed by atoms with Crippen LogP contribution >= 0.6 is 11.8 Å². The number of carbonyl (C=O) groups is 2. The molecular formula is C23H28N4O4S. The Bertz CT molecular complexity index is 955. The van der Waals surface area contributed by atoms with E-state index in [1.54, 1.807) is 7.11 Å². The normalized spacial score (nSPS) is 27.8. The van der Waals surface area contributed by atoms with Gasteiger partial charge in [-0.3, -0.25) is 10.1 Å². The number of ether oxygens (including phenoxy) is 1. The molecule has 1 heterocycles. The van der Waals surface area contributed by atoms with E-state index in [4.69, 9.17) is 9.15 Å². The topological polar surface area (TPSA) is 106 Å². The van der Waals surface area contributed by atoms with Crippen LogP contribution in [0.5, 0.6) is 5.75 Å². The van der Waals surface area contributed by atoms with E-state index in [2.05, 4.69) is 20.8 Å². The van der Waals surface area contributed by atoms with Gasteiger partial charge in [0.15, 0.2) is 0 Å². The Hall–Kier alpha value is -2.55. The first-order valence-electron chi connectivity index (χ1n) is 11.2. The van der Waals surface area contributed by atoms with Crippen LogP contribution in [-0.4, -0.2) is 40.5 Å². The summed E-state index contributed by atoms with van der Waals surface area (Å²) in [4.78, 5) is 24.8. The van der Waals surface area contributed by atoms with Crippen molar-refractivity contribution in [1.82, 2.24) is 20.8 Å². The Morgan fingerprint density at radius 1 is 1.09 bits per heavy atom. The minimum atomic E-state index is -0.386. The molecule has 4 fully saturated rings. The van der Waals surface area contributed by atoms with Crippen LogP contribution in [-0.2, 0) is 11.2 Å². The quantitative estimate of drug-likeness (QED) is 0.614. The second-order valence-electron chi connectivity index (χ2n) is 9.48. The zero-order chi connectivity index (χ0) is 22.1. The summed E-state index contributed by atoms with van der Waals surface area (Å²) in [6.07, 6.45) is 7.57. The number of nitrogens with one attached hydrogen (secondary N) is 2. The molecule has 4 aliphatic carbocycles. The van der Waals surface area contributed by atoms with Crippen molar-refractivity contribution in [2.24, 2.45) is 17.8 Å². The van der Waals surface area contributed by atoms with Gasteiger partial charge in [-0.25, -0.2) is 4.79 Å². The summed E-state index contributed by atoms with van der Waals surface area (Å²) in [5.41, 5.74) is 0.903. The molecule has 170 valence electrons. The summed E-state index contributed by atoms with van der Waals surface area (Å²) in [6.45, 7) is 0. The first-order chi connectivity index (χ1) is 15.5. The van der Waals surface area contributed by atoms with E-state index < -0.39 is 0 Å². The highest BCUT2D eigenvalue weighted by Gasteiger charge is 2.51. The van der Waals surface area contributed by atoms with E-state index in [0.29, 0.717) is 17.5 Å². The van der Waals surface area contributed by atoms with Crippen LogP contribution in [0.4, 0.5) is 4.79 Å². The highest BCUT2D eigenvalue weighted by molar-refractivity contribution is 7.99. The van der Waals surface area contributed by atoms with E-state index in [9.17, 15) is 9.59 Å². The Morgan fingerprint density at radius 2 is 1.75 bits per heavy atom. The van der Waals surface area contributed by atoms with Crippen LogP contribution in [0.15, 0.2) is 33.9 Å². The molecule has 3 amide bonds. The molecule has 4 saturated carbocycles. The Kier molecular flexibility index (Phi) is 5.84. The van der Waals surface area contributed by atoms with Crippen molar-refractivity contribution in [3.05, 3.63) is 35.7 Å². The molecule has 1 aromatic heterocycles. The van der Waals surface area contributed by atoms with Crippen molar-refractivity contribution < 1.29 is 18.7 Å². The number of hydrogen-bond acceptors (Lipinski definition) is 7. The number of carbonyl (C=O) groups excluding carboxylic acids is 2. The molecule has 1 aromatic carbocycles. The van der Waals surface area contributed by atoms with Gasteiger partial charge in [0, 0.05) is 5.54 Å². The number of aromatic nitrogens is 2. The molecule has 0 aliphatic heterocycles. The van der Waals surface area contributed by atoms with Crippen molar-refractivity contribution >= 4 is 23.7 Å². The summed E-state index contributed by atoms with van der Waals surface area (Å²) < 4.78 is 10.8. The first-order valence-corrected chi connectivity index (χ1v) is 12.2. The van der Waals surface area contributed by atoms with Crippen LogP contribution < -0.4 is 15.4 Å². The average molecular weight is 457 g/mol. The van der Waals surface area contributed by atoms with Crippen molar-refractivity contribution in [1.29, 1.82) is 0 Å². The fourth-order valence-electron chi connectivity index (χ4n) is 6.11. The molecule has 0 radical (unpaired) electrons. The Balaban J connectivity index is 1.08. The van der Waals surface area contributed by atoms with Crippen molar-refractivity contribution in [3.8, 4) is 5.75 Å². The van der Waals surface area contributed by atoms with Crippen molar-refractivity contribution in [2.45, 2.75) is 55.7 Å². The standard InChI is InChI=1S/C23H28N4O4S/c1-30-18-4-2-14(3-5-18)9-20-26-27-22(31-20)32-13-19(28)24-21(29)25-23-10-15-6-16(11-23)8-17(7-15)12-23/h2-5,15-17H,6-13H2,1H3,(H2,24,25,28,29). The first kappa shape index (κ1) is 21.3. The van der Waals surface area contributed by atoms with E-state index in [-0.39, 0.29) is 23.2 Å². The zero-order valence-electron chi connectivity index (χ0n) is 18.1. The predicted octanol–water partition coefficient (Wildman–Crippen LogP) is 3.56. The third kappa shape index (κ3) is 4.77. The van der Waals surface area contributed by atoms with Crippen LogP contribution in [0, 0.1) is 17.8 Å². The average Bonchev–Trinajstić information content (AvgIpc) is 3.18. The van der Waals surface area contributed by atoms with Gasteiger partial charge in [0.1, 0.15) is 5.75 Å². The third-order valence-corrected chi connectivity index (χ3v) is 7.78. The third-order valence-electron chi connectivity index (χ3n) is 6.96. The van der Waals surface area contributed by atoms with Gasteiger partial charge >= 0.3 is 6.03 Å². The highest BCUT2D eigenvalue weighted by atomic mass is 32.2. The molecule has 2 aromatic rings. The number of rotatable bonds is 7. The van der Waals surface area contributed by atoms with Crippen LogP contribution in [0.2, 0.25) is 0 Å². The molecule has 2 N–H and O–H groups in total. The second kappa shape index (κ2) is 8.77. The fraction of sp³-hybridized carbons (Fsp3) is 0.565. The van der Waals surface area contributed by atoms with Crippen LogP contribution in [0.1, 0.15) is 50.0 Å². The van der Waals surface area contributed by atoms with Crippen molar-refractivity contribution in [3.63, 3.8) is 0 Å². The maximum Gasteiger partial charge on any atom is 0.321 e. The molecule has 0 saturated heterocycles. The SMILES string of the molecule is COc1ccc(Cc2nnc(SCC(=O)NC(=O)NC34CC5CC(CC(C5)C3)C4)o2)cc1. The molecule has 4 aliphatic rings. The minimum Gasteiger partial charge on any atom is -0.497 e. The van der Waals surface area contributed by atoms with E-state index in [1.807, 2.05) is 24.3 Å². The Morgan fingerprint density at radius 3 is 2.38 bits per heavy atom. The lowest BCUT2D eigenvalue weighted by atomic mass is 9.53. The maximum absolute atomic E-state index is 12.5. The van der Waals surface area contributed by atoms with Crippen molar-refractivity contribution in [2.75, 3.05) is 12.9 Å². The zero-order valence-corrected chi connectivity index (χ0v) is 19.0. The molecule has 0 spiro atoms. The molecule has 0 unspecified atom stereocenters. The van der Waals surface area contributed by atoms with Gasteiger partial charge in [-0.15, -0.1) is 10.2 Å². The molecule has 4 bridgehead atoms. The molecular weight excluding hydrogens is 428 g/mol. The lowest BCUT2D eigenvalue weighted by Crippen LogP contribution is -2.61. The summed E-state index contributed by atoms with van der Waals surface area (Å²) in [5, 5.41) is 14.0. The number of urea groups is 1. The number of nitrogens with zero attached hydrogens (tertiary/aromatic N) is 2. The maximum atomic E-state index is 12.5. The number of benzene rings is 1. The summed E-state index contributed by atoms with van der Waals surface area (Å²) in [5.74, 6) is 3.13. The molecule has 32 heavy (non-hydrogen) atoms. The lowest BCUT2D eigenvalue weighted by Gasteiger charge is -2.56. The summed E-state index contributed by atoms with van der Waals surface area (Å²) >= 11 is 1.13. The smallest absolute Gasteiger partial charge is 0.321 e. The number of amides is 3. The lowest BCUT2D eigenvalue weighted by molar-refractivity contribution is -0.117. The highest BCUT2D eigenvalue weighted by Crippen LogP contribution is 2.55. The van der Waals surface area contributed by atoms with E-state index >= 15 is 0 Å². The monoisotopic (exact) mass is 456 g/mol. The number of hydrogen-bond donors (Lipinski definition) is 2. The summed E-state index contributed by atoms with van der Waals surface area (Å²) in [6, 6.07) is 7.24. The predicted molar refractivity (Wildman–Crippen MR) is 118 cm³/mol. The number of thioether (sulfide) groups is 1. The van der Waals surface area contributed by atoms with Gasteiger partial charge in [-0.05, 0) is 74.0 Å². The van der Waals surface area contributed by atoms with Gasteiger partial charge in [0.25, 0.3) is 5.22 Å². The number of imide groups is 1. The van der Waals surface area contributed by atoms with Gasteiger partial charge in [-0.2, -0.15) is 0 Å². The fourth-order valence-corrected chi connectivity index (χ4v) is 6.69. The molecule has 8 nitrogen and oxygen atoms in total. The second-order valence-corrected chi connectivity index (χ2v) is 10.4. The van der Waals surface area contributed by atoms with E-state index in [0.717, 1.165) is 60.1 Å². The summed E-state index contributed by atoms with van der Waals surface area (Å²) in [7, 11) is 1.62. The van der Waals surface area contributed by atoms with Gasteiger partial charge in [0.2, 0.25) is 11.8 Å². The largest absolute Gasteiger partial charge is 0.497 e. The van der Waals surface area contributed by atoms with Gasteiger partial charge in [0.05, 0.1) is 19.3 Å². The molecule has 9 heteroatoms. The van der Waals surface area contributed by atoms with Crippen LogP contribution in [0.25, 0.3) is 0 Å². The van der Waals surface area contributed by atoms with Gasteiger partial charge in [-0.1, -0.05) is 23.9 Å². The van der Waals surface area contributed by atoms with Crippen LogP contribution in [0.3, 0.4) is 0 Å². The van der Waals surface area contributed by atoms with E-state index in [1.165, 1.54) is 19.3 Å². The molecule has 6 rings (SSSR count). The Labute approximate surface area is 191 Å².